The highest BCUT2D eigenvalue weighted by Gasteiger charge is 2.19. The van der Waals surface area contributed by atoms with E-state index in [1.165, 1.54) is 13.1 Å². The van der Waals surface area contributed by atoms with Crippen LogP contribution in [0.2, 0.25) is 0 Å². The molecular weight excluding hydrogens is 252 g/mol. The van der Waals surface area contributed by atoms with Crippen molar-refractivity contribution in [2.75, 3.05) is 19.0 Å². The van der Waals surface area contributed by atoms with Crippen LogP contribution in [-0.2, 0) is 10.0 Å². The predicted molar refractivity (Wildman–Crippen MR) is 72.0 cm³/mol. The van der Waals surface area contributed by atoms with Gasteiger partial charge in [-0.25, -0.2) is 13.1 Å². The molecule has 0 fully saturated rings. The number of aliphatic hydroxyl groups is 1. The van der Waals surface area contributed by atoms with Crippen LogP contribution in [0.1, 0.15) is 13.8 Å². The first-order valence-corrected chi connectivity index (χ1v) is 7.30. The maximum Gasteiger partial charge on any atom is 0.242 e. The van der Waals surface area contributed by atoms with E-state index in [4.69, 9.17) is 0 Å². The van der Waals surface area contributed by atoms with Crippen LogP contribution in [0.4, 0.5) is 5.69 Å². The van der Waals surface area contributed by atoms with E-state index in [1.807, 2.05) is 13.8 Å². The van der Waals surface area contributed by atoms with Crippen molar-refractivity contribution in [3.05, 3.63) is 24.3 Å². The third-order valence-electron chi connectivity index (χ3n) is 2.79. The molecule has 0 radical (unpaired) electrons. The van der Waals surface area contributed by atoms with Crippen LogP contribution in [-0.4, -0.2) is 33.2 Å². The Morgan fingerprint density at radius 1 is 1.28 bits per heavy atom. The smallest absolute Gasteiger partial charge is 0.242 e. The second-order valence-corrected chi connectivity index (χ2v) is 6.24. The van der Waals surface area contributed by atoms with Crippen molar-refractivity contribution in [1.29, 1.82) is 0 Å². The number of benzene rings is 1. The molecule has 0 aliphatic heterocycles. The molecule has 3 N–H and O–H groups in total. The average molecular weight is 272 g/mol. The lowest BCUT2D eigenvalue weighted by molar-refractivity contribution is 0.249. The Morgan fingerprint density at radius 2 is 1.89 bits per heavy atom. The Kier molecular flexibility index (Phi) is 5.13. The van der Waals surface area contributed by atoms with Crippen molar-refractivity contribution < 1.29 is 13.5 Å². The highest BCUT2D eigenvalue weighted by molar-refractivity contribution is 7.89. The summed E-state index contributed by atoms with van der Waals surface area (Å²) in [5.74, 6) is 0.195. The summed E-state index contributed by atoms with van der Waals surface area (Å²) in [5, 5.41) is 12.3. The molecule has 1 rings (SSSR count). The van der Waals surface area contributed by atoms with E-state index in [9.17, 15) is 13.5 Å². The fourth-order valence-corrected chi connectivity index (χ4v) is 2.45. The molecule has 0 unspecified atom stereocenters. The second-order valence-electron chi connectivity index (χ2n) is 4.38. The van der Waals surface area contributed by atoms with Crippen LogP contribution in [0.3, 0.4) is 0 Å². The molecule has 0 saturated carbocycles. The van der Waals surface area contributed by atoms with Gasteiger partial charge in [0.1, 0.15) is 4.90 Å². The Morgan fingerprint density at radius 3 is 2.39 bits per heavy atom. The normalized spacial score (nSPS) is 13.6. The van der Waals surface area contributed by atoms with E-state index < -0.39 is 10.0 Å². The van der Waals surface area contributed by atoms with Crippen molar-refractivity contribution >= 4 is 15.7 Å². The van der Waals surface area contributed by atoms with Gasteiger partial charge in [-0.15, -0.1) is 0 Å². The van der Waals surface area contributed by atoms with Gasteiger partial charge in [-0.1, -0.05) is 26.0 Å². The van der Waals surface area contributed by atoms with Gasteiger partial charge in [-0.05, 0) is 25.1 Å². The molecule has 0 amide bonds. The lowest BCUT2D eigenvalue weighted by Crippen LogP contribution is -2.31. The maximum absolute atomic E-state index is 11.8. The minimum atomic E-state index is -3.50. The predicted octanol–water partition coefficient (Wildman–Crippen LogP) is 1.02. The molecule has 5 nitrogen and oxygen atoms in total. The van der Waals surface area contributed by atoms with Crippen molar-refractivity contribution in [3.8, 4) is 0 Å². The number of sulfonamides is 1. The van der Waals surface area contributed by atoms with E-state index in [0.29, 0.717) is 5.69 Å². The van der Waals surface area contributed by atoms with E-state index >= 15 is 0 Å². The fourth-order valence-electron chi connectivity index (χ4n) is 1.55. The highest BCUT2D eigenvalue weighted by Crippen LogP contribution is 2.22. The molecule has 18 heavy (non-hydrogen) atoms. The minimum absolute atomic E-state index is 0.0500. The molecule has 1 aromatic carbocycles. The van der Waals surface area contributed by atoms with Gasteiger partial charge in [0, 0.05) is 0 Å². The third-order valence-corrected chi connectivity index (χ3v) is 4.26. The molecule has 0 aliphatic carbocycles. The van der Waals surface area contributed by atoms with Crippen LogP contribution >= 0.6 is 0 Å². The van der Waals surface area contributed by atoms with Gasteiger partial charge in [0.05, 0.1) is 18.3 Å². The number of hydrogen-bond donors (Lipinski definition) is 3. The van der Waals surface area contributed by atoms with E-state index in [2.05, 4.69) is 10.0 Å². The average Bonchev–Trinajstić information content (AvgIpc) is 2.35. The lowest BCUT2D eigenvalue weighted by Gasteiger charge is -2.22. The molecule has 1 atom stereocenters. The Balaban J connectivity index is 3.11. The van der Waals surface area contributed by atoms with Crippen LogP contribution in [0.25, 0.3) is 0 Å². The Hall–Kier alpha value is -1.11. The van der Waals surface area contributed by atoms with Crippen molar-refractivity contribution in [3.63, 3.8) is 0 Å². The van der Waals surface area contributed by atoms with Crippen LogP contribution < -0.4 is 10.0 Å². The summed E-state index contributed by atoms with van der Waals surface area (Å²) < 4.78 is 26.0. The summed E-state index contributed by atoms with van der Waals surface area (Å²) >= 11 is 0. The summed E-state index contributed by atoms with van der Waals surface area (Å²) in [5.41, 5.74) is 0.500. The Bertz CT molecular complexity index is 486. The zero-order chi connectivity index (χ0) is 13.8. The minimum Gasteiger partial charge on any atom is -0.394 e. The largest absolute Gasteiger partial charge is 0.394 e. The zero-order valence-corrected chi connectivity index (χ0v) is 11.7. The monoisotopic (exact) mass is 272 g/mol. The zero-order valence-electron chi connectivity index (χ0n) is 10.8. The molecule has 0 aliphatic rings. The molecule has 0 saturated heterocycles. The van der Waals surface area contributed by atoms with Gasteiger partial charge < -0.3 is 10.4 Å². The topological polar surface area (TPSA) is 78.4 Å². The first-order valence-electron chi connectivity index (χ1n) is 5.82. The standard InChI is InChI=1S/C12H20N2O3S/c1-9(2)11(8-15)14-10-6-4-5-7-12(10)18(16,17)13-3/h4-7,9,11,13-15H,8H2,1-3H3/t11-/m1/s1. The summed E-state index contributed by atoms with van der Waals surface area (Å²) in [6, 6.07) is 6.46. The SMILES string of the molecule is CNS(=O)(=O)c1ccccc1N[C@H](CO)C(C)C. The molecule has 0 heterocycles. The van der Waals surface area contributed by atoms with Crippen molar-refractivity contribution in [2.45, 2.75) is 24.8 Å². The summed E-state index contributed by atoms with van der Waals surface area (Å²) in [6.45, 7) is 3.87. The number of nitrogens with one attached hydrogen (secondary N) is 2. The van der Waals surface area contributed by atoms with Gasteiger partial charge in [-0.3, -0.25) is 0 Å². The van der Waals surface area contributed by atoms with Crippen molar-refractivity contribution in [2.24, 2.45) is 5.92 Å². The molecule has 0 spiro atoms. The van der Waals surface area contributed by atoms with Gasteiger partial charge >= 0.3 is 0 Å². The van der Waals surface area contributed by atoms with Crippen LogP contribution in [0.5, 0.6) is 0 Å². The number of aliphatic hydroxyl groups excluding tert-OH is 1. The third kappa shape index (κ3) is 3.44. The molecule has 1 aromatic rings. The Labute approximate surface area is 108 Å². The number of anilines is 1. The van der Waals surface area contributed by atoms with Crippen molar-refractivity contribution in [1.82, 2.24) is 4.72 Å². The maximum atomic E-state index is 11.8. The molecular formula is C12H20N2O3S. The van der Waals surface area contributed by atoms with E-state index in [0.717, 1.165) is 0 Å². The quantitative estimate of drug-likeness (QED) is 0.722. The van der Waals surface area contributed by atoms with Gasteiger partial charge in [0.25, 0.3) is 0 Å². The first kappa shape index (κ1) is 14.9. The second kappa shape index (κ2) is 6.17. The first-order chi connectivity index (χ1) is 8.42. The molecule has 0 aromatic heterocycles. The molecule has 102 valence electrons. The molecule has 6 heteroatoms. The van der Waals surface area contributed by atoms with Gasteiger partial charge in [0.15, 0.2) is 0 Å². The van der Waals surface area contributed by atoms with Crippen LogP contribution in [0.15, 0.2) is 29.2 Å². The summed E-state index contributed by atoms with van der Waals surface area (Å²) in [7, 11) is -2.13. The summed E-state index contributed by atoms with van der Waals surface area (Å²) in [6.07, 6.45) is 0. The lowest BCUT2D eigenvalue weighted by atomic mass is 10.1. The fraction of sp³-hybridized carbons (Fsp3) is 0.500. The molecule has 0 bridgehead atoms. The van der Waals surface area contributed by atoms with E-state index in [-0.39, 0.29) is 23.5 Å². The van der Waals surface area contributed by atoms with Gasteiger partial charge in [0.2, 0.25) is 10.0 Å². The van der Waals surface area contributed by atoms with Gasteiger partial charge in [-0.2, -0.15) is 0 Å². The number of rotatable bonds is 6. The number of hydrogen-bond acceptors (Lipinski definition) is 4. The number of para-hydroxylation sites is 1. The van der Waals surface area contributed by atoms with E-state index in [1.54, 1.807) is 18.2 Å². The highest BCUT2D eigenvalue weighted by atomic mass is 32.2. The summed E-state index contributed by atoms with van der Waals surface area (Å²) in [4.78, 5) is 0.187. The van der Waals surface area contributed by atoms with Crippen LogP contribution in [0, 0.1) is 5.92 Å².